The summed E-state index contributed by atoms with van der Waals surface area (Å²) in [6.07, 6.45) is 0. The van der Waals surface area contributed by atoms with Crippen LogP contribution in [0.25, 0.3) is 0 Å². The molecule has 0 aliphatic heterocycles. The molecule has 0 atom stereocenters. The third-order valence-electron chi connectivity index (χ3n) is 2.89. The molecule has 0 saturated carbocycles. The molecule has 0 spiro atoms. The molecular formula is C16H19N3O2. The van der Waals surface area contributed by atoms with Crippen molar-refractivity contribution in [2.45, 2.75) is 27.4 Å². The molecule has 1 N–H and O–H groups in total. The van der Waals surface area contributed by atoms with Gasteiger partial charge in [0.25, 0.3) is 0 Å². The van der Waals surface area contributed by atoms with Crippen LogP contribution in [0.1, 0.15) is 31.0 Å². The number of aryl methyl sites for hydroxylation is 1. The topological polar surface area (TPSA) is 71.1 Å². The monoisotopic (exact) mass is 285 g/mol. The first-order valence-electron chi connectivity index (χ1n) is 6.92. The highest BCUT2D eigenvalue weighted by atomic mass is 16.5. The molecule has 0 unspecified atom stereocenters. The molecular weight excluding hydrogens is 266 g/mol. The standard InChI is InChI=1S/C16H19N3O2/c1-11(2)9-18-16-13(8-17)19-15(21-16)10-20-14-7-5-4-6-12(14)3/h4-7,11,18H,9-10H2,1-3H3. The molecule has 0 radical (unpaired) electrons. The molecule has 0 bridgehead atoms. The second kappa shape index (κ2) is 6.80. The number of aromatic nitrogens is 1. The van der Waals surface area contributed by atoms with Crippen LogP contribution in [0.15, 0.2) is 28.7 Å². The zero-order chi connectivity index (χ0) is 15.2. The molecule has 2 aromatic rings. The van der Waals surface area contributed by atoms with Crippen LogP contribution in [0, 0.1) is 24.2 Å². The number of nitrogens with zero attached hydrogens (tertiary/aromatic N) is 2. The summed E-state index contributed by atoms with van der Waals surface area (Å²) in [5, 5.41) is 12.2. The zero-order valence-electron chi connectivity index (χ0n) is 12.5. The number of nitrogens with one attached hydrogen (secondary N) is 1. The van der Waals surface area contributed by atoms with Crippen LogP contribution >= 0.6 is 0 Å². The number of rotatable bonds is 6. The minimum absolute atomic E-state index is 0.197. The first-order valence-corrected chi connectivity index (χ1v) is 6.92. The molecule has 1 heterocycles. The van der Waals surface area contributed by atoms with Crippen molar-refractivity contribution < 1.29 is 9.15 Å². The van der Waals surface area contributed by atoms with Gasteiger partial charge in [-0.15, -0.1) is 0 Å². The Morgan fingerprint density at radius 3 is 2.81 bits per heavy atom. The molecule has 5 nitrogen and oxygen atoms in total. The van der Waals surface area contributed by atoms with E-state index in [9.17, 15) is 0 Å². The Kier molecular flexibility index (Phi) is 4.83. The van der Waals surface area contributed by atoms with Crippen LogP contribution in [0.3, 0.4) is 0 Å². The number of oxazole rings is 1. The predicted octanol–water partition coefficient (Wildman–Crippen LogP) is 3.50. The van der Waals surface area contributed by atoms with Gasteiger partial charge in [0.2, 0.25) is 17.5 Å². The molecule has 0 amide bonds. The van der Waals surface area contributed by atoms with Crippen molar-refractivity contribution in [3.8, 4) is 11.8 Å². The lowest BCUT2D eigenvalue weighted by Crippen LogP contribution is -2.08. The number of ether oxygens (including phenoxy) is 1. The Balaban J connectivity index is 2.04. The lowest BCUT2D eigenvalue weighted by atomic mass is 10.2. The van der Waals surface area contributed by atoms with Crippen LogP contribution < -0.4 is 10.1 Å². The van der Waals surface area contributed by atoms with Crippen molar-refractivity contribution in [3.63, 3.8) is 0 Å². The summed E-state index contributed by atoms with van der Waals surface area (Å²) in [5.41, 5.74) is 1.31. The number of benzene rings is 1. The molecule has 0 aliphatic rings. The van der Waals surface area contributed by atoms with Gasteiger partial charge < -0.3 is 14.5 Å². The molecule has 1 aromatic carbocycles. The molecule has 21 heavy (non-hydrogen) atoms. The number of para-hydroxylation sites is 1. The lowest BCUT2D eigenvalue weighted by molar-refractivity contribution is 0.263. The maximum absolute atomic E-state index is 9.07. The summed E-state index contributed by atoms with van der Waals surface area (Å²) in [7, 11) is 0. The SMILES string of the molecule is Cc1ccccc1OCc1nc(C#N)c(NCC(C)C)o1. The Hall–Kier alpha value is -2.48. The maximum atomic E-state index is 9.07. The number of anilines is 1. The second-order valence-corrected chi connectivity index (χ2v) is 5.23. The summed E-state index contributed by atoms with van der Waals surface area (Å²) < 4.78 is 11.2. The average molecular weight is 285 g/mol. The molecule has 2 rings (SSSR count). The predicted molar refractivity (Wildman–Crippen MR) is 80.1 cm³/mol. The van der Waals surface area contributed by atoms with Gasteiger partial charge in [0.15, 0.2) is 6.61 Å². The van der Waals surface area contributed by atoms with Crippen LogP contribution in [0.2, 0.25) is 0 Å². The average Bonchev–Trinajstić information content (AvgIpc) is 2.86. The van der Waals surface area contributed by atoms with E-state index in [1.807, 2.05) is 37.3 Å². The largest absolute Gasteiger partial charge is 0.484 e. The van der Waals surface area contributed by atoms with Gasteiger partial charge in [0.05, 0.1) is 0 Å². The summed E-state index contributed by atoms with van der Waals surface area (Å²) in [6, 6.07) is 9.75. The Labute approximate surface area is 124 Å². The number of nitriles is 1. The molecule has 0 fully saturated rings. The fourth-order valence-corrected chi connectivity index (χ4v) is 1.78. The van der Waals surface area contributed by atoms with Crippen LogP contribution in [-0.2, 0) is 6.61 Å². The van der Waals surface area contributed by atoms with Gasteiger partial charge in [-0.05, 0) is 24.5 Å². The highest BCUT2D eigenvalue weighted by Gasteiger charge is 2.13. The first kappa shape index (κ1) is 14.9. The van der Waals surface area contributed by atoms with Gasteiger partial charge in [-0.1, -0.05) is 32.0 Å². The summed E-state index contributed by atoms with van der Waals surface area (Å²) in [5.74, 6) is 2.04. The smallest absolute Gasteiger partial charge is 0.236 e. The Morgan fingerprint density at radius 2 is 2.14 bits per heavy atom. The quantitative estimate of drug-likeness (QED) is 0.879. The van der Waals surface area contributed by atoms with Gasteiger partial charge in [-0.2, -0.15) is 10.2 Å². The minimum Gasteiger partial charge on any atom is -0.484 e. The second-order valence-electron chi connectivity index (χ2n) is 5.23. The van der Waals surface area contributed by atoms with Crippen LogP contribution in [0.4, 0.5) is 5.88 Å². The van der Waals surface area contributed by atoms with Crippen molar-refractivity contribution in [1.82, 2.24) is 4.98 Å². The van der Waals surface area contributed by atoms with Crippen molar-refractivity contribution >= 4 is 5.88 Å². The van der Waals surface area contributed by atoms with Gasteiger partial charge in [0.1, 0.15) is 11.8 Å². The van der Waals surface area contributed by atoms with Gasteiger partial charge in [-0.3, -0.25) is 0 Å². The minimum atomic E-state index is 0.197. The van der Waals surface area contributed by atoms with E-state index >= 15 is 0 Å². The van der Waals surface area contributed by atoms with Crippen molar-refractivity contribution in [2.75, 3.05) is 11.9 Å². The van der Waals surface area contributed by atoms with Gasteiger partial charge in [-0.25, -0.2) is 0 Å². The molecule has 110 valence electrons. The molecule has 5 heteroatoms. The Morgan fingerprint density at radius 1 is 1.38 bits per heavy atom. The number of hydrogen-bond donors (Lipinski definition) is 1. The van der Waals surface area contributed by atoms with Crippen molar-refractivity contribution in [2.24, 2.45) is 5.92 Å². The van der Waals surface area contributed by atoms with E-state index in [-0.39, 0.29) is 12.3 Å². The molecule has 1 aromatic heterocycles. The van der Waals surface area contributed by atoms with E-state index in [0.29, 0.717) is 17.7 Å². The third-order valence-corrected chi connectivity index (χ3v) is 2.89. The third kappa shape index (κ3) is 3.99. The summed E-state index contributed by atoms with van der Waals surface area (Å²) in [6.45, 7) is 7.06. The Bertz CT molecular complexity index is 641. The van der Waals surface area contributed by atoms with E-state index < -0.39 is 0 Å². The fraction of sp³-hybridized carbons (Fsp3) is 0.375. The molecule has 0 saturated heterocycles. The zero-order valence-corrected chi connectivity index (χ0v) is 12.5. The number of hydrogen-bond acceptors (Lipinski definition) is 5. The van der Waals surface area contributed by atoms with E-state index in [4.69, 9.17) is 14.4 Å². The van der Waals surface area contributed by atoms with Crippen molar-refractivity contribution in [3.05, 3.63) is 41.4 Å². The molecule has 0 aliphatic carbocycles. The van der Waals surface area contributed by atoms with Crippen LogP contribution in [0.5, 0.6) is 5.75 Å². The summed E-state index contributed by atoms with van der Waals surface area (Å²) >= 11 is 0. The van der Waals surface area contributed by atoms with E-state index in [2.05, 4.69) is 24.1 Å². The van der Waals surface area contributed by atoms with E-state index in [1.165, 1.54) is 0 Å². The highest BCUT2D eigenvalue weighted by Crippen LogP contribution is 2.21. The van der Waals surface area contributed by atoms with Crippen LogP contribution in [-0.4, -0.2) is 11.5 Å². The van der Waals surface area contributed by atoms with E-state index in [1.54, 1.807) is 0 Å². The normalized spacial score (nSPS) is 10.4. The maximum Gasteiger partial charge on any atom is 0.236 e. The van der Waals surface area contributed by atoms with E-state index in [0.717, 1.165) is 17.9 Å². The fourth-order valence-electron chi connectivity index (χ4n) is 1.78. The first-order chi connectivity index (χ1) is 10.1. The van der Waals surface area contributed by atoms with Gasteiger partial charge >= 0.3 is 0 Å². The lowest BCUT2D eigenvalue weighted by Gasteiger charge is -2.06. The van der Waals surface area contributed by atoms with Crippen molar-refractivity contribution in [1.29, 1.82) is 5.26 Å². The highest BCUT2D eigenvalue weighted by molar-refractivity contribution is 5.45. The van der Waals surface area contributed by atoms with Gasteiger partial charge in [0, 0.05) is 6.54 Å². The summed E-state index contributed by atoms with van der Waals surface area (Å²) in [4.78, 5) is 4.14.